The Morgan fingerprint density at radius 3 is 2.78 bits per heavy atom. The molecule has 146 valence electrons. The Bertz CT molecular complexity index is 788. The number of imidazole rings is 1. The first-order chi connectivity index (χ1) is 13.2. The number of hydrogen-bond donors (Lipinski definition) is 0. The van der Waals surface area contributed by atoms with Crippen molar-refractivity contribution in [2.45, 2.75) is 65.2 Å². The molecule has 4 rings (SSSR count). The van der Waals surface area contributed by atoms with Crippen LogP contribution in [0.1, 0.15) is 55.1 Å². The van der Waals surface area contributed by atoms with Crippen molar-refractivity contribution in [1.29, 1.82) is 0 Å². The molecule has 7 heteroatoms. The number of fused-ring (bicyclic) bond motifs is 1. The zero-order valence-electron chi connectivity index (χ0n) is 16.5. The second kappa shape index (κ2) is 7.84. The summed E-state index contributed by atoms with van der Waals surface area (Å²) >= 11 is 0. The van der Waals surface area contributed by atoms with E-state index in [1.54, 1.807) is 0 Å². The van der Waals surface area contributed by atoms with Crippen LogP contribution in [-0.2, 0) is 26.1 Å². The fourth-order valence-corrected chi connectivity index (χ4v) is 4.27. The van der Waals surface area contributed by atoms with Crippen molar-refractivity contribution in [3.05, 3.63) is 35.7 Å². The van der Waals surface area contributed by atoms with Crippen molar-refractivity contribution in [3.63, 3.8) is 0 Å². The van der Waals surface area contributed by atoms with E-state index in [9.17, 15) is 4.79 Å². The Morgan fingerprint density at radius 2 is 2.00 bits per heavy atom. The summed E-state index contributed by atoms with van der Waals surface area (Å²) in [4.78, 5) is 21.6. The Morgan fingerprint density at radius 1 is 1.19 bits per heavy atom. The Labute approximate surface area is 161 Å². The molecule has 1 saturated heterocycles. The summed E-state index contributed by atoms with van der Waals surface area (Å²) in [6.45, 7) is 9.89. The van der Waals surface area contributed by atoms with E-state index in [0.29, 0.717) is 11.7 Å². The van der Waals surface area contributed by atoms with Crippen molar-refractivity contribution in [2.24, 2.45) is 0 Å². The average molecular weight is 371 g/mol. The Balaban J connectivity index is 1.46. The fourth-order valence-electron chi connectivity index (χ4n) is 4.27. The largest absolute Gasteiger partial charge is 0.337 e. The van der Waals surface area contributed by atoms with Gasteiger partial charge in [-0.2, -0.15) is 5.10 Å². The number of amides is 1. The van der Waals surface area contributed by atoms with E-state index in [1.807, 2.05) is 21.8 Å². The zero-order valence-corrected chi connectivity index (χ0v) is 16.5. The quantitative estimate of drug-likeness (QED) is 0.809. The Hall–Kier alpha value is -2.15. The first-order valence-corrected chi connectivity index (χ1v) is 10.3. The molecule has 2 aromatic rings. The molecular weight excluding hydrogens is 340 g/mol. The fraction of sp³-hybridized carbons (Fsp3) is 0.650. The lowest BCUT2D eigenvalue weighted by Gasteiger charge is -2.28. The summed E-state index contributed by atoms with van der Waals surface area (Å²) in [5, 5.41) is 4.64. The van der Waals surface area contributed by atoms with E-state index >= 15 is 0 Å². The molecule has 0 aliphatic carbocycles. The van der Waals surface area contributed by atoms with Gasteiger partial charge in [0.05, 0.1) is 5.69 Å². The van der Waals surface area contributed by atoms with Gasteiger partial charge < -0.3 is 9.47 Å². The normalized spacial score (nSPS) is 19.1. The average Bonchev–Trinajstić information content (AvgIpc) is 3.40. The third kappa shape index (κ3) is 3.78. The highest BCUT2D eigenvalue weighted by Crippen LogP contribution is 2.19. The van der Waals surface area contributed by atoms with E-state index in [2.05, 4.69) is 39.6 Å². The minimum Gasteiger partial charge on any atom is -0.337 e. The number of aryl methyl sites for hydroxylation is 2. The number of carbonyl (C=O) groups is 1. The zero-order chi connectivity index (χ0) is 18.8. The molecule has 1 fully saturated rings. The minimum atomic E-state index is 0.0960. The van der Waals surface area contributed by atoms with Crippen LogP contribution in [0, 0.1) is 0 Å². The molecule has 0 radical (unpaired) electrons. The maximum absolute atomic E-state index is 12.7. The van der Waals surface area contributed by atoms with Crippen LogP contribution in [0.5, 0.6) is 0 Å². The molecule has 2 aromatic heterocycles. The van der Waals surface area contributed by atoms with Gasteiger partial charge in [0.15, 0.2) is 5.69 Å². The van der Waals surface area contributed by atoms with Crippen molar-refractivity contribution in [3.8, 4) is 0 Å². The molecule has 0 bridgehead atoms. The highest BCUT2D eigenvalue weighted by molar-refractivity contribution is 5.92. The molecule has 2 aliphatic heterocycles. The number of rotatable bonds is 5. The van der Waals surface area contributed by atoms with Crippen LogP contribution in [0.25, 0.3) is 0 Å². The van der Waals surface area contributed by atoms with Crippen LogP contribution in [0.3, 0.4) is 0 Å². The molecule has 2 aliphatic rings. The second-order valence-electron chi connectivity index (χ2n) is 7.77. The van der Waals surface area contributed by atoms with Gasteiger partial charge in [-0.15, -0.1) is 0 Å². The van der Waals surface area contributed by atoms with Gasteiger partial charge in [-0.25, -0.2) is 4.98 Å². The van der Waals surface area contributed by atoms with E-state index in [-0.39, 0.29) is 5.91 Å². The summed E-state index contributed by atoms with van der Waals surface area (Å²) < 4.78 is 4.31. The van der Waals surface area contributed by atoms with Gasteiger partial charge in [0.25, 0.3) is 5.91 Å². The van der Waals surface area contributed by atoms with Gasteiger partial charge in [-0.05, 0) is 32.3 Å². The third-order valence-corrected chi connectivity index (χ3v) is 5.86. The molecule has 1 atom stereocenters. The van der Waals surface area contributed by atoms with Crippen molar-refractivity contribution < 1.29 is 4.79 Å². The molecule has 7 nitrogen and oxygen atoms in total. The SMILES string of the molecule is CCc1nccn1CC(C)N1CCCn2nc(C(=O)N3CCCC3)cc2C1. The molecule has 4 heterocycles. The summed E-state index contributed by atoms with van der Waals surface area (Å²) in [6, 6.07) is 2.42. The van der Waals surface area contributed by atoms with Crippen molar-refractivity contribution in [2.75, 3.05) is 19.6 Å². The van der Waals surface area contributed by atoms with Crippen molar-refractivity contribution in [1.82, 2.24) is 29.1 Å². The van der Waals surface area contributed by atoms with Crippen LogP contribution in [0.2, 0.25) is 0 Å². The highest BCUT2D eigenvalue weighted by Gasteiger charge is 2.26. The lowest BCUT2D eigenvalue weighted by Crippen LogP contribution is -2.36. The minimum absolute atomic E-state index is 0.0960. The van der Waals surface area contributed by atoms with E-state index in [4.69, 9.17) is 0 Å². The molecule has 0 aromatic carbocycles. The maximum atomic E-state index is 12.7. The standard InChI is InChI=1S/C20H30N6O/c1-3-19-21-7-12-25(19)14-16(2)24-10-6-11-26-17(15-24)13-18(22-26)20(27)23-8-4-5-9-23/h7,12-13,16H,3-6,8-11,14-15H2,1-2H3. The first kappa shape index (κ1) is 18.2. The predicted octanol–water partition coefficient (Wildman–Crippen LogP) is 2.17. The van der Waals surface area contributed by atoms with Crippen molar-refractivity contribution >= 4 is 5.91 Å². The van der Waals surface area contributed by atoms with Gasteiger partial charge >= 0.3 is 0 Å². The lowest BCUT2D eigenvalue weighted by molar-refractivity contribution is 0.0786. The summed E-state index contributed by atoms with van der Waals surface area (Å²) in [7, 11) is 0. The van der Waals surface area contributed by atoms with Crippen LogP contribution in [0.15, 0.2) is 18.5 Å². The van der Waals surface area contributed by atoms with E-state index < -0.39 is 0 Å². The smallest absolute Gasteiger partial charge is 0.274 e. The molecule has 1 unspecified atom stereocenters. The van der Waals surface area contributed by atoms with Crippen LogP contribution in [0.4, 0.5) is 0 Å². The molecule has 0 spiro atoms. The molecule has 0 saturated carbocycles. The van der Waals surface area contributed by atoms with Gasteiger partial charge in [0, 0.05) is 64.1 Å². The topological polar surface area (TPSA) is 59.2 Å². The lowest BCUT2D eigenvalue weighted by atomic mass is 10.2. The summed E-state index contributed by atoms with van der Waals surface area (Å²) in [5.74, 6) is 1.24. The van der Waals surface area contributed by atoms with E-state index in [0.717, 1.165) is 76.5 Å². The number of hydrogen-bond acceptors (Lipinski definition) is 4. The number of aromatic nitrogens is 4. The monoisotopic (exact) mass is 370 g/mol. The molecular formula is C20H30N6O. The molecule has 0 N–H and O–H groups in total. The number of nitrogens with zero attached hydrogens (tertiary/aromatic N) is 6. The third-order valence-electron chi connectivity index (χ3n) is 5.86. The number of carbonyl (C=O) groups excluding carboxylic acids is 1. The Kier molecular flexibility index (Phi) is 5.29. The second-order valence-corrected chi connectivity index (χ2v) is 7.77. The van der Waals surface area contributed by atoms with Crippen LogP contribution < -0.4 is 0 Å². The van der Waals surface area contributed by atoms with Gasteiger partial charge in [-0.1, -0.05) is 6.92 Å². The van der Waals surface area contributed by atoms with Gasteiger partial charge in [-0.3, -0.25) is 14.4 Å². The number of likely N-dealkylation sites (tertiary alicyclic amines) is 1. The summed E-state index contributed by atoms with van der Waals surface area (Å²) in [5.41, 5.74) is 1.77. The predicted molar refractivity (Wildman–Crippen MR) is 103 cm³/mol. The molecule has 1 amide bonds. The van der Waals surface area contributed by atoms with E-state index in [1.165, 1.54) is 0 Å². The van der Waals surface area contributed by atoms with Crippen LogP contribution in [-0.4, -0.2) is 60.7 Å². The van der Waals surface area contributed by atoms with Crippen LogP contribution >= 0.6 is 0 Å². The molecule has 27 heavy (non-hydrogen) atoms. The van der Waals surface area contributed by atoms with Gasteiger partial charge in [0.2, 0.25) is 0 Å². The summed E-state index contributed by atoms with van der Waals surface area (Å²) in [6.07, 6.45) is 8.19. The first-order valence-electron chi connectivity index (χ1n) is 10.3. The maximum Gasteiger partial charge on any atom is 0.274 e. The van der Waals surface area contributed by atoms with Gasteiger partial charge in [0.1, 0.15) is 5.82 Å². The highest BCUT2D eigenvalue weighted by atomic mass is 16.2.